The molecule has 6 nitrogen and oxygen atoms in total. The Kier molecular flexibility index (Phi) is 4.34. The molecular weight excluding hydrogens is 292 g/mol. The number of carbonyl (C=O) groups is 1. The standard InChI is InChI=1S/C17H18N4O2/c1-12(23)13-4-2-5-14(10-13)15-11-20-17-16(18-6-3-9-22)19-7-8-21(15)17/h2,4-5,7-8,10-11,22H,3,6,9H2,1H3,(H,18,19). The first kappa shape index (κ1) is 15.2. The first-order valence-corrected chi connectivity index (χ1v) is 7.49. The molecule has 0 bridgehead atoms. The molecular formula is C17H18N4O2. The van der Waals surface area contributed by atoms with E-state index in [9.17, 15) is 4.79 Å². The van der Waals surface area contributed by atoms with E-state index in [1.807, 2.05) is 28.8 Å². The van der Waals surface area contributed by atoms with Crippen molar-refractivity contribution in [1.82, 2.24) is 14.4 Å². The van der Waals surface area contributed by atoms with E-state index in [1.165, 1.54) is 0 Å². The molecule has 0 unspecified atom stereocenters. The molecule has 0 atom stereocenters. The van der Waals surface area contributed by atoms with Gasteiger partial charge in [-0.3, -0.25) is 9.20 Å². The van der Waals surface area contributed by atoms with Gasteiger partial charge >= 0.3 is 0 Å². The molecule has 0 saturated heterocycles. The number of anilines is 1. The fourth-order valence-electron chi connectivity index (χ4n) is 2.44. The summed E-state index contributed by atoms with van der Waals surface area (Å²) in [6.45, 7) is 2.32. The molecule has 6 heteroatoms. The van der Waals surface area contributed by atoms with Crippen molar-refractivity contribution in [3.63, 3.8) is 0 Å². The molecule has 3 aromatic rings. The SMILES string of the molecule is CC(=O)c1cccc(-c2cnc3c(NCCCO)nccn23)c1. The fourth-order valence-corrected chi connectivity index (χ4v) is 2.44. The Balaban J connectivity index is 2.01. The van der Waals surface area contributed by atoms with Crippen molar-refractivity contribution in [2.75, 3.05) is 18.5 Å². The molecule has 0 radical (unpaired) electrons. The lowest BCUT2D eigenvalue weighted by atomic mass is 10.1. The second-order valence-corrected chi connectivity index (χ2v) is 5.25. The lowest BCUT2D eigenvalue weighted by molar-refractivity contribution is 0.101. The van der Waals surface area contributed by atoms with Crippen LogP contribution >= 0.6 is 0 Å². The number of hydrogen-bond donors (Lipinski definition) is 2. The quantitative estimate of drug-likeness (QED) is 0.540. The Labute approximate surface area is 133 Å². The predicted octanol–water partition coefficient (Wildman–Crippen LogP) is 2.39. The minimum atomic E-state index is 0.0358. The van der Waals surface area contributed by atoms with Gasteiger partial charge < -0.3 is 10.4 Å². The lowest BCUT2D eigenvalue weighted by Gasteiger charge is -2.07. The number of carbonyl (C=O) groups excluding carboxylic acids is 1. The molecule has 0 aliphatic heterocycles. The molecule has 0 saturated carbocycles. The Hall–Kier alpha value is -2.73. The number of nitrogens with one attached hydrogen (secondary N) is 1. The van der Waals surface area contributed by atoms with E-state index < -0.39 is 0 Å². The second-order valence-electron chi connectivity index (χ2n) is 5.25. The smallest absolute Gasteiger partial charge is 0.180 e. The number of nitrogens with zero attached hydrogens (tertiary/aromatic N) is 3. The summed E-state index contributed by atoms with van der Waals surface area (Å²) in [6, 6.07) is 7.49. The van der Waals surface area contributed by atoms with E-state index in [0.29, 0.717) is 30.0 Å². The highest BCUT2D eigenvalue weighted by Crippen LogP contribution is 2.24. The van der Waals surface area contributed by atoms with Crippen molar-refractivity contribution in [2.24, 2.45) is 0 Å². The first-order valence-electron chi connectivity index (χ1n) is 7.49. The largest absolute Gasteiger partial charge is 0.396 e. The number of Topliss-reactive ketones (excluding diaryl/α,β-unsaturated/α-hetero) is 1. The van der Waals surface area contributed by atoms with Crippen LogP contribution in [0.2, 0.25) is 0 Å². The zero-order valence-electron chi connectivity index (χ0n) is 12.9. The molecule has 0 aliphatic carbocycles. The van der Waals surface area contributed by atoms with Crippen LogP contribution in [0.4, 0.5) is 5.82 Å². The topological polar surface area (TPSA) is 79.5 Å². The molecule has 1 aromatic carbocycles. The molecule has 2 aromatic heterocycles. The normalized spacial score (nSPS) is 10.9. The highest BCUT2D eigenvalue weighted by atomic mass is 16.3. The Morgan fingerprint density at radius 2 is 2.22 bits per heavy atom. The van der Waals surface area contributed by atoms with Gasteiger partial charge in [0.05, 0.1) is 11.9 Å². The zero-order valence-corrected chi connectivity index (χ0v) is 12.9. The molecule has 3 rings (SSSR count). The highest BCUT2D eigenvalue weighted by Gasteiger charge is 2.11. The maximum atomic E-state index is 11.6. The molecule has 2 heterocycles. The van der Waals surface area contributed by atoms with Gasteiger partial charge in [-0.05, 0) is 19.4 Å². The number of fused-ring (bicyclic) bond motifs is 1. The molecule has 2 N–H and O–H groups in total. The van der Waals surface area contributed by atoms with Crippen molar-refractivity contribution < 1.29 is 9.90 Å². The second kappa shape index (κ2) is 6.58. The summed E-state index contributed by atoms with van der Waals surface area (Å²) in [5.41, 5.74) is 3.22. The van der Waals surface area contributed by atoms with E-state index in [2.05, 4.69) is 15.3 Å². The summed E-state index contributed by atoms with van der Waals surface area (Å²) in [5.74, 6) is 0.712. The van der Waals surface area contributed by atoms with E-state index in [1.54, 1.807) is 25.4 Å². The lowest BCUT2D eigenvalue weighted by Crippen LogP contribution is -2.06. The van der Waals surface area contributed by atoms with Crippen LogP contribution in [0.15, 0.2) is 42.9 Å². The van der Waals surface area contributed by atoms with Gasteiger partial charge in [-0.1, -0.05) is 18.2 Å². The van der Waals surface area contributed by atoms with Crippen molar-refractivity contribution >= 4 is 17.2 Å². The van der Waals surface area contributed by atoms with Crippen molar-refractivity contribution in [3.05, 3.63) is 48.4 Å². The van der Waals surface area contributed by atoms with Crippen molar-refractivity contribution in [2.45, 2.75) is 13.3 Å². The summed E-state index contributed by atoms with van der Waals surface area (Å²) in [6.07, 6.45) is 5.97. The number of ketones is 1. The first-order chi connectivity index (χ1) is 11.2. The number of imidazole rings is 1. The monoisotopic (exact) mass is 310 g/mol. The number of rotatable bonds is 6. The maximum Gasteiger partial charge on any atom is 0.180 e. The van der Waals surface area contributed by atoms with E-state index >= 15 is 0 Å². The average Bonchev–Trinajstić information content (AvgIpc) is 3.00. The summed E-state index contributed by atoms with van der Waals surface area (Å²) in [5, 5.41) is 12.0. The maximum absolute atomic E-state index is 11.6. The van der Waals surface area contributed by atoms with Gasteiger partial charge in [0, 0.05) is 36.7 Å². The number of benzene rings is 1. The minimum absolute atomic E-state index is 0.0358. The molecule has 0 fully saturated rings. The number of aromatic nitrogens is 3. The minimum Gasteiger partial charge on any atom is -0.396 e. The van der Waals surface area contributed by atoms with Gasteiger partial charge in [0.25, 0.3) is 0 Å². The molecule has 0 amide bonds. The van der Waals surface area contributed by atoms with Crippen LogP contribution in [0.3, 0.4) is 0 Å². The summed E-state index contributed by atoms with van der Waals surface area (Å²) in [7, 11) is 0. The fraction of sp³-hybridized carbons (Fsp3) is 0.235. The van der Waals surface area contributed by atoms with Crippen LogP contribution in [0.1, 0.15) is 23.7 Å². The van der Waals surface area contributed by atoms with Gasteiger partial charge in [-0.25, -0.2) is 9.97 Å². The van der Waals surface area contributed by atoms with Crippen LogP contribution in [-0.4, -0.2) is 38.4 Å². The van der Waals surface area contributed by atoms with Crippen LogP contribution in [0.5, 0.6) is 0 Å². The third kappa shape index (κ3) is 3.07. The van der Waals surface area contributed by atoms with E-state index in [-0.39, 0.29) is 12.4 Å². The summed E-state index contributed by atoms with van der Waals surface area (Å²) < 4.78 is 1.94. The number of aliphatic hydroxyl groups is 1. The third-order valence-electron chi connectivity index (χ3n) is 3.62. The number of hydrogen-bond acceptors (Lipinski definition) is 5. The summed E-state index contributed by atoms with van der Waals surface area (Å²) >= 11 is 0. The van der Waals surface area contributed by atoms with Crippen molar-refractivity contribution in [1.29, 1.82) is 0 Å². The van der Waals surface area contributed by atoms with Gasteiger partial charge in [0.1, 0.15) is 0 Å². The van der Waals surface area contributed by atoms with E-state index in [0.717, 1.165) is 11.3 Å². The van der Waals surface area contributed by atoms with Crippen LogP contribution < -0.4 is 5.32 Å². The van der Waals surface area contributed by atoms with Crippen LogP contribution in [-0.2, 0) is 0 Å². The Bertz CT molecular complexity index is 841. The third-order valence-corrected chi connectivity index (χ3v) is 3.62. The van der Waals surface area contributed by atoms with Crippen LogP contribution in [0.25, 0.3) is 16.9 Å². The predicted molar refractivity (Wildman–Crippen MR) is 88.6 cm³/mol. The molecule has 118 valence electrons. The van der Waals surface area contributed by atoms with Crippen molar-refractivity contribution in [3.8, 4) is 11.3 Å². The Morgan fingerprint density at radius 3 is 3.00 bits per heavy atom. The highest BCUT2D eigenvalue weighted by molar-refractivity contribution is 5.95. The zero-order chi connectivity index (χ0) is 16.2. The van der Waals surface area contributed by atoms with E-state index in [4.69, 9.17) is 5.11 Å². The van der Waals surface area contributed by atoms with Gasteiger partial charge in [-0.15, -0.1) is 0 Å². The molecule has 0 spiro atoms. The molecule has 0 aliphatic rings. The van der Waals surface area contributed by atoms with Gasteiger partial charge in [-0.2, -0.15) is 0 Å². The molecule has 23 heavy (non-hydrogen) atoms. The van der Waals surface area contributed by atoms with Gasteiger partial charge in [0.15, 0.2) is 17.2 Å². The number of aliphatic hydroxyl groups excluding tert-OH is 1. The summed E-state index contributed by atoms with van der Waals surface area (Å²) in [4.78, 5) is 20.3. The van der Waals surface area contributed by atoms with Crippen LogP contribution in [0, 0.1) is 0 Å². The van der Waals surface area contributed by atoms with Gasteiger partial charge in [0.2, 0.25) is 0 Å². The average molecular weight is 310 g/mol. The Morgan fingerprint density at radius 1 is 1.35 bits per heavy atom.